The van der Waals surface area contributed by atoms with Crippen molar-refractivity contribution in [1.29, 1.82) is 0 Å². The van der Waals surface area contributed by atoms with Gasteiger partial charge >= 0.3 is 0 Å². The molecule has 1 aromatic heterocycles. The Morgan fingerprint density at radius 1 is 1.32 bits per heavy atom. The lowest BCUT2D eigenvalue weighted by Crippen LogP contribution is -2.48. The van der Waals surface area contributed by atoms with E-state index in [1.165, 1.54) is 5.56 Å². The zero-order valence-electron chi connectivity index (χ0n) is 15.5. The SMILES string of the molecule is CC(NC(=O)[C@H]1CNC[C@@H]1c1cnn(C)c1)C(C)(C)c1ccccc1. The van der Waals surface area contributed by atoms with Gasteiger partial charge in [0.05, 0.1) is 12.1 Å². The Bertz CT molecular complexity index is 722. The smallest absolute Gasteiger partial charge is 0.225 e. The molecule has 3 rings (SSSR count). The average Bonchev–Trinajstić information content (AvgIpc) is 3.24. The summed E-state index contributed by atoms with van der Waals surface area (Å²) in [5.74, 6) is 0.245. The molecular formula is C20H28N4O. The molecule has 134 valence electrons. The van der Waals surface area contributed by atoms with Gasteiger partial charge in [-0.3, -0.25) is 9.48 Å². The Morgan fingerprint density at radius 3 is 2.68 bits per heavy atom. The molecule has 0 aliphatic carbocycles. The lowest BCUT2D eigenvalue weighted by molar-refractivity contribution is -0.125. The first-order valence-electron chi connectivity index (χ1n) is 8.94. The molecule has 1 amide bonds. The minimum atomic E-state index is -0.132. The van der Waals surface area contributed by atoms with E-state index in [9.17, 15) is 4.79 Å². The fraction of sp³-hybridized carbons (Fsp3) is 0.500. The van der Waals surface area contributed by atoms with Crippen molar-refractivity contribution in [3.63, 3.8) is 0 Å². The predicted molar refractivity (Wildman–Crippen MR) is 99.4 cm³/mol. The maximum Gasteiger partial charge on any atom is 0.225 e. The highest BCUT2D eigenvalue weighted by atomic mass is 16.2. The first kappa shape index (κ1) is 17.7. The molecule has 2 aromatic rings. The molecule has 2 N–H and O–H groups in total. The fourth-order valence-corrected chi connectivity index (χ4v) is 3.55. The molecule has 2 heterocycles. The maximum atomic E-state index is 12.9. The van der Waals surface area contributed by atoms with E-state index in [-0.39, 0.29) is 29.2 Å². The molecule has 1 fully saturated rings. The molecule has 1 aromatic carbocycles. The van der Waals surface area contributed by atoms with Crippen LogP contribution in [0.25, 0.3) is 0 Å². The van der Waals surface area contributed by atoms with Crippen LogP contribution in [0.3, 0.4) is 0 Å². The van der Waals surface area contributed by atoms with Crippen LogP contribution in [-0.4, -0.2) is 34.8 Å². The van der Waals surface area contributed by atoms with Crippen LogP contribution in [0.5, 0.6) is 0 Å². The Balaban J connectivity index is 1.70. The third-order valence-electron chi connectivity index (χ3n) is 5.66. The summed E-state index contributed by atoms with van der Waals surface area (Å²) in [7, 11) is 1.91. The first-order valence-corrected chi connectivity index (χ1v) is 8.94. The molecule has 5 nitrogen and oxygen atoms in total. The van der Waals surface area contributed by atoms with Gasteiger partial charge in [0.15, 0.2) is 0 Å². The van der Waals surface area contributed by atoms with Gasteiger partial charge in [0.1, 0.15) is 0 Å². The molecule has 1 aliphatic rings. The molecule has 25 heavy (non-hydrogen) atoms. The number of aryl methyl sites for hydroxylation is 1. The van der Waals surface area contributed by atoms with Crippen LogP contribution in [0.4, 0.5) is 0 Å². The van der Waals surface area contributed by atoms with Crippen molar-refractivity contribution in [2.24, 2.45) is 13.0 Å². The number of carbonyl (C=O) groups is 1. The lowest BCUT2D eigenvalue weighted by atomic mass is 9.78. The molecular weight excluding hydrogens is 312 g/mol. The number of rotatable bonds is 5. The van der Waals surface area contributed by atoms with Gasteiger partial charge < -0.3 is 10.6 Å². The van der Waals surface area contributed by atoms with Crippen LogP contribution < -0.4 is 10.6 Å². The zero-order valence-corrected chi connectivity index (χ0v) is 15.5. The van der Waals surface area contributed by atoms with Gasteiger partial charge in [0, 0.05) is 43.7 Å². The third kappa shape index (κ3) is 3.61. The van der Waals surface area contributed by atoms with Gasteiger partial charge in [-0.2, -0.15) is 5.10 Å². The number of amides is 1. The number of hydrogen-bond acceptors (Lipinski definition) is 3. The van der Waals surface area contributed by atoms with E-state index in [2.05, 4.69) is 48.6 Å². The Labute approximate surface area is 149 Å². The van der Waals surface area contributed by atoms with Crippen LogP contribution in [-0.2, 0) is 17.3 Å². The van der Waals surface area contributed by atoms with Gasteiger partial charge in [-0.05, 0) is 18.1 Å². The van der Waals surface area contributed by atoms with Crippen LogP contribution in [0.2, 0.25) is 0 Å². The molecule has 0 bridgehead atoms. The van der Waals surface area contributed by atoms with Gasteiger partial charge in [0.2, 0.25) is 5.91 Å². The van der Waals surface area contributed by atoms with Crippen LogP contribution in [0.1, 0.15) is 37.8 Å². The average molecular weight is 340 g/mol. The van der Waals surface area contributed by atoms with Crippen molar-refractivity contribution >= 4 is 5.91 Å². The standard InChI is InChI=1S/C20H28N4O/c1-14(20(2,3)16-8-6-5-7-9-16)23-19(25)18-12-21-11-17(18)15-10-22-24(4)13-15/h5-10,13-14,17-18,21H,11-12H2,1-4H3,(H,23,25)/t14?,17-,18+/m1/s1. The highest BCUT2D eigenvalue weighted by Crippen LogP contribution is 2.30. The largest absolute Gasteiger partial charge is 0.352 e. The van der Waals surface area contributed by atoms with Crippen molar-refractivity contribution in [2.75, 3.05) is 13.1 Å². The number of hydrogen-bond donors (Lipinski definition) is 2. The summed E-state index contributed by atoms with van der Waals surface area (Å²) < 4.78 is 1.80. The van der Waals surface area contributed by atoms with Gasteiger partial charge in [-0.1, -0.05) is 44.2 Å². The van der Waals surface area contributed by atoms with E-state index in [0.29, 0.717) is 6.54 Å². The summed E-state index contributed by atoms with van der Waals surface area (Å²) >= 11 is 0. The highest BCUT2D eigenvalue weighted by Gasteiger charge is 2.37. The summed E-state index contributed by atoms with van der Waals surface area (Å²) in [6.07, 6.45) is 3.88. The molecule has 1 unspecified atom stereocenters. The first-order chi connectivity index (χ1) is 11.9. The number of aromatic nitrogens is 2. The van der Waals surface area contributed by atoms with Gasteiger partial charge in [0.25, 0.3) is 0 Å². The summed E-state index contributed by atoms with van der Waals surface area (Å²) in [6, 6.07) is 10.4. The topological polar surface area (TPSA) is 59.0 Å². The molecule has 0 saturated carbocycles. The highest BCUT2D eigenvalue weighted by molar-refractivity contribution is 5.81. The third-order valence-corrected chi connectivity index (χ3v) is 5.66. The summed E-state index contributed by atoms with van der Waals surface area (Å²) in [6.45, 7) is 7.98. The van der Waals surface area contributed by atoms with E-state index in [1.54, 1.807) is 4.68 Å². The Kier molecular flexibility index (Phi) is 4.95. The number of nitrogens with zero attached hydrogens (tertiary/aromatic N) is 2. The molecule has 1 aliphatic heterocycles. The second kappa shape index (κ2) is 7.00. The van der Waals surface area contributed by atoms with Crippen molar-refractivity contribution in [2.45, 2.75) is 38.1 Å². The Hall–Kier alpha value is -2.14. The van der Waals surface area contributed by atoms with Gasteiger partial charge in [-0.15, -0.1) is 0 Å². The maximum absolute atomic E-state index is 12.9. The number of carbonyl (C=O) groups excluding carboxylic acids is 1. The van der Waals surface area contributed by atoms with E-state index in [4.69, 9.17) is 0 Å². The van der Waals surface area contributed by atoms with Crippen molar-refractivity contribution in [3.05, 3.63) is 53.9 Å². The molecule has 5 heteroatoms. The summed E-state index contributed by atoms with van der Waals surface area (Å²) in [5, 5.41) is 10.9. The van der Waals surface area contributed by atoms with Crippen LogP contribution in [0, 0.1) is 5.92 Å². The summed E-state index contributed by atoms with van der Waals surface area (Å²) in [4.78, 5) is 12.9. The minimum Gasteiger partial charge on any atom is -0.352 e. The molecule has 3 atom stereocenters. The van der Waals surface area contributed by atoms with E-state index < -0.39 is 0 Å². The summed E-state index contributed by atoms with van der Waals surface area (Å²) in [5.41, 5.74) is 2.23. The normalized spacial score (nSPS) is 21.9. The quantitative estimate of drug-likeness (QED) is 0.877. The van der Waals surface area contributed by atoms with E-state index in [1.807, 2.05) is 37.6 Å². The van der Waals surface area contributed by atoms with Gasteiger partial charge in [-0.25, -0.2) is 0 Å². The van der Waals surface area contributed by atoms with E-state index >= 15 is 0 Å². The molecule has 0 radical (unpaired) electrons. The Morgan fingerprint density at radius 2 is 2.04 bits per heavy atom. The van der Waals surface area contributed by atoms with Crippen molar-refractivity contribution in [1.82, 2.24) is 20.4 Å². The monoisotopic (exact) mass is 340 g/mol. The molecule has 0 spiro atoms. The van der Waals surface area contributed by atoms with Crippen LogP contribution in [0.15, 0.2) is 42.7 Å². The second-order valence-electron chi connectivity index (χ2n) is 7.64. The zero-order chi connectivity index (χ0) is 18.0. The van der Waals surface area contributed by atoms with E-state index in [0.717, 1.165) is 12.1 Å². The lowest BCUT2D eigenvalue weighted by Gasteiger charge is -2.34. The molecule has 1 saturated heterocycles. The number of nitrogens with one attached hydrogen (secondary N) is 2. The predicted octanol–water partition coefficient (Wildman–Crippen LogP) is 2.21. The van der Waals surface area contributed by atoms with Crippen molar-refractivity contribution in [3.8, 4) is 0 Å². The van der Waals surface area contributed by atoms with Crippen molar-refractivity contribution < 1.29 is 4.79 Å². The number of benzene rings is 1. The fourth-order valence-electron chi connectivity index (χ4n) is 3.55. The second-order valence-corrected chi connectivity index (χ2v) is 7.64. The minimum absolute atomic E-state index is 0.0394. The van der Waals surface area contributed by atoms with Crippen LogP contribution >= 0.6 is 0 Å².